The van der Waals surface area contributed by atoms with Crippen molar-refractivity contribution in [3.63, 3.8) is 0 Å². The molecular formula is C31H28N6O2S. The average molecular weight is 549 g/mol. The topological polar surface area (TPSA) is 86.1 Å². The first-order valence-electron chi connectivity index (χ1n) is 13.2. The van der Waals surface area contributed by atoms with Gasteiger partial charge in [-0.2, -0.15) is 5.10 Å². The summed E-state index contributed by atoms with van der Waals surface area (Å²) in [7, 11) is 1.67. The van der Waals surface area contributed by atoms with E-state index in [2.05, 4.69) is 50.8 Å². The number of nitrogens with one attached hydrogen (secondary N) is 2. The highest BCUT2D eigenvalue weighted by Crippen LogP contribution is 2.37. The summed E-state index contributed by atoms with van der Waals surface area (Å²) in [6.45, 7) is 4.60. The van der Waals surface area contributed by atoms with Crippen LogP contribution >= 0.6 is 11.3 Å². The summed E-state index contributed by atoms with van der Waals surface area (Å²) >= 11 is 1.75. The Morgan fingerprint density at radius 2 is 1.90 bits per heavy atom. The molecule has 0 amide bonds. The number of hydrogen-bond acceptors (Lipinski definition) is 8. The van der Waals surface area contributed by atoms with E-state index in [4.69, 9.17) is 9.47 Å². The molecule has 0 spiro atoms. The average Bonchev–Trinajstić information content (AvgIpc) is 3.56. The maximum absolute atomic E-state index is 6.34. The van der Waals surface area contributed by atoms with E-state index in [-0.39, 0.29) is 0 Å². The number of rotatable bonds is 7. The highest BCUT2D eigenvalue weighted by molar-refractivity contribution is 7.19. The molecule has 0 fully saturated rings. The van der Waals surface area contributed by atoms with Crippen molar-refractivity contribution in [3.05, 3.63) is 94.8 Å². The third kappa shape index (κ3) is 4.63. The van der Waals surface area contributed by atoms with Crippen LogP contribution in [0.3, 0.4) is 0 Å². The molecule has 2 N–H and O–H groups in total. The van der Waals surface area contributed by atoms with Gasteiger partial charge in [-0.25, -0.2) is 9.97 Å². The molecule has 200 valence electrons. The predicted molar refractivity (Wildman–Crippen MR) is 159 cm³/mol. The molecule has 0 bridgehead atoms. The fourth-order valence-electron chi connectivity index (χ4n) is 5.20. The first-order chi connectivity index (χ1) is 19.6. The van der Waals surface area contributed by atoms with Gasteiger partial charge >= 0.3 is 0 Å². The molecule has 0 aliphatic carbocycles. The number of ether oxygens (including phenoxy) is 2. The van der Waals surface area contributed by atoms with E-state index in [0.29, 0.717) is 6.54 Å². The smallest absolute Gasteiger partial charge is 0.142 e. The Kier molecular flexibility index (Phi) is 6.30. The van der Waals surface area contributed by atoms with Gasteiger partial charge in [0, 0.05) is 28.6 Å². The molecule has 0 saturated heterocycles. The molecule has 1 aliphatic heterocycles. The second-order valence-electron chi connectivity index (χ2n) is 9.91. The van der Waals surface area contributed by atoms with Crippen molar-refractivity contribution in [1.29, 1.82) is 0 Å². The largest absolute Gasteiger partial charge is 0.497 e. The summed E-state index contributed by atoms with van der Waals surface area (Å²) in [5.74, 6) is 3.27. The lowest BCUT2D eigenvalue weighted by Gasteiger charge is -2.15. The SMILES string of the molecule is COc1ccc(Cn2ncc3ccc(Oc4ccc(Nc5ncnc6sc7c(c56)CCNC7)cc4C)cc32)cc1. The van der Waals surface area contributed by atoms with Crippen LogP contribution in [0.4, 0.5) is 11.5 Å². The minimum absolute atomic E-state index is 0.663. The summed E-state index contributed by atoms with van der Waals surface area (Å²) in [5.41, 5.74) is 5.52. The van der Waals surface area contributed by atoms with Crippen molar-refractivity contribution in [1.82, 2.24) is 25.1 Å². The van der Waals surface area contributed by atoms with Crippen molar-refractivity contribution in [2.75, 3.05) is 19.0 Å². The first kappa shape index (κ1) is 24.6. The molecule has 40 heavy (non-hydrogen) atoms. The summed E-state index contributed by atoms with van der Waals surface area (Å²) in [5, 5.41) is 13.8. The molecule has 6 aromatic rings. The van der Waals surface area contributed by atoms with Gasteiger partial charge in [-0.3, -0.25) is 4.68 Å². The molecule has 0 saturated carbocycles. The van der Waals surface area contributed by atoms with Crippen molar-refractivity contribution >= 4 is 44.0 Å². The maximum Gasteiger partial charge on any atom is 0.142 e. The van der Waals surface area contributed by atoms with E-state index in [1.807, 2.05) is 53.3 Å². The molecule has 1 aliphatic rings. The number of benzene rings is 3. The van der Waals surface area contributed by atoms with E-state index in [1.165, 1.54) is 10.4 Å². The summed E-state index contributed by atoms with van der Waals surface area (Å²) in [6, 6.07) is 20.3. The van der Waals surface area contributed by atoms with Gasteiger partial charge in [-0.15, -0.1) is 11.3 Å². The van der Waals surface area contributed by atoms with Crippen LogP contribution in [0, 0.1) is 6.92 Å². The molecule has 3 aromatic carbocycles. The van der Waals surface area contributed by atoms with Gasteiger partial charge in [0.2, 0.25) is 0 Å². The second kappa shape index (κ2) is 10.3. The number of aryl methyl sites for hydroxylation is 1. The van der Waals surface area contributed by atoms with Crippen molar-refractivity contribution in [2.24, 2.45) is 0 Å². The van der Waals surface area contributed by atoms with E-state index < -0.39 is 0 Å². The molecule has 7 rings (SSSR count). The Labute approximate surface area is 235 Å². The van der Waals surface area contributed by atoms with Crippen LogP contribution in [0.15, 0.2) is 73.2 Å². The third-order valence-corrected chi connectivity index (χ3v) is 8.42. The highest BCUT2D eigenvalue weighted by atomic mass is 32.1. The Morgan fingerprint density at radius 1 is 1.02 bits per heavy atom. The van der Waals surface area contributed by atoms with Crippen LogP contribution in [-0.4, -0.2) is 33.4 Å². The zero-order valence-electron chi connectivity index (χ0n) is 22.3. The minimum Gasteiger partial charge on any atom is -0.497 e. The lowest BCUT2D eigenvalue weighted by molar-refractivity contribution is 0.414. The Hall–Kier alpha value is -4.47. The van der Waals surface area contributed by atoms with Gasteiger partial charge in [-0.1, -0.05) is 12.1 Å². The molecule has 0 unspecified atom stereocenters. The quantitative estimate of drug-likeness (QED) is 0.233. The van der Waals surface area contributed by atoms with E-state index >= 15 is 0 Å². The zero-order valence-corrected chi connectivity index (χ0v) is 23.1. The van der Waals surface area contributed by atoms with E-state index in [1.54, 1.807) is 24.8 Å². The molecule has 8 nitrogen and oxygen atoms in total. The first-order valence-corrected chi connectivity index (χ1v) is 14.1. The van der Waals surface area contributed by atoms with Crippen molar-refractivity contribution in [3.8, 4) is 17.2 Å². The number of anilines is 2. The number of methoxy groups -OCH3 is 1. The van der Waals surface area contributed by atoms with Crippen LogP contribution in [0.2, 0.25) is 0 Å². The Bertz CT molecular complexity index is 1840. The van der Waals surface area contributed by atoms with Crippen LogP contribution < -0.4 is 20.1 Å². The molecule has 4 heterocycles. The van der Waals surface area contributed by atoms with Crippen molar-refractivity contribution in [2.45, 2.75) is 26.4 Å². The minimum atomic E-state index is 0.663. The van der Waals surface area contributed by atoms with E-state index in [0.717, 1.165) is 80.5 Å². The monoisotopic (exact) mass is 548 g/mol. The van der Waals surface area contributed by atoms with Gasteiger partial charge in [-0.05, 0) is 79.0 Å². The zero-order chi connectivity index (χ0) is 27.1. The Morgan fingerprint density at radius 3 is 2.75 bits per heavy atom. The van der Waals surface area contributed by atoms with Gasteiger partial charge < -0.3 is 20.1 Å². The standard InChI is InChI=1S/C31H28N6O2S/c1-19-13-22(36-30-29-25-11-12-32-16-28(25)40-31(29)34-18-33-30)6-10-27(19)39-24-9-5-21-15-35-37(26(21)14-24)17-20-3-7-23(38-2)8-4-20/h3-10,13-15,18,32H,11-12,16-17H2,1-2H3,(H,33,34,36). The molecular weight excluding hydrogens is 520 g/mol. The van der Waals surface area contributed by atoms with Crippen LogP contribution in [0.1, 0.15) is 21.6 Å². The second-order valence-corrected chi connectivity index (χ2v) is 11.0. The normalized spacial score (nSPS) is 12.9. The van der Waals surface area contributed by atoms with Crippen LogP contribution in [0.25, 0.3) is 21.1 Å². The van der Waals surface area contributed by atoms with Gasteiger partial charge in [0.1, 0.15) is 34.2 Å². The number of thiophene rings is 1. The summed E-state index contributed by atoms with van der Waals surface area (Å²) in [4.78, 5) is 11.5. The number of fused-ring (bicyclic) bond motifs is 4. The fourth-order valence-corrected chi connectivity index (χ4v) is 6.36. The molecule has 9 heteroatoms. The number of hydrogen-bond donors (Lipinski definition) is 2. The molecule has 0 radical (unpaired) electrons. The van der Waals surface area contributed by atoms with Crippen LogP contribution in [-0.2, 0) is 19.5 Å². The van der Waals surface area contributed by atoms with Crippen LogP contribution in [0.5, 0.6) is 17.2 Å². The summed E-state index contributed by atoms with van der Waals surface area (Å²) < 4.78 is 13.6. The third-order valence-electron chi connectivity index (χ3n) is 7.28. The lowest BCUT2D eigenvalue weighted by Crippen LogP contribution is -2.22. The predicted octanol–water partition coefficient (Wildman–Crippen LogP) is 6.59. The fraction of sp³-hybridized carbons (Fsp3) is 0.194. The molecule has 3 aromatic heterocycles. The van der Waals surface area contributed by atoms with E-state index in [9.17, 15) is 0 Å². The maximum atomic E-state index is 6.34. The summed E-state index contributed by atoms with van der Waals surface area (Å²) in [6.07, 6.45) is 4.52. The molecule has 0 atom stereocenters. The van der Waals surface area contributed by atoms with Gasteiger partial charge in [0.05, 0.1) is 30.8 Å². The van der Waals surface area contributed by atoms with Gasteiger partial charge in [0.25, 0.3) is 0 Å². The van der Waals surface area contributed by atoms with Crippen molar-refractivity contribution < 1.29 is 9.47 Å². The number of nitrogens with zero attached hydrogens (tertiary/aromatic N) is 4. The Balaban J connectivity index is 1.12. The number of aromatic nitrogens is 4. The lowest BCUT2D eigenvalue weighted by atomic mass is 10.1. The van der Waals surface area contributed by atoms with Gasteiger partial charge in [0.15, 0.2) is 0 Å². The highest BCUT2D eigenvalue weighted by Gasteiger charge is 2.20.